The lowest BCUT2D eigenvalue weighted by molar-refractivity contribution is -0.120. The molecule has 0 atom stereocenters. The zero-order valence-electron chi connectivity index (χ0n) is 15.5. The van der Waals surface area contributed by atoms with E-state index in [1.807, 2.05) is 45.0 Å². The Morgan fingerprint density at radius 2 is 1.92 bits per heavy atom. The van der Waals surface area contributed by atoms with E-state index >= 15 is 0 Å². The highest BCUT2D eigenvalue weighted by atomic mass is 16.6. The number of nitrogens with one attached hydrogen (secondary N) is 1. The van der Waals surface area contributed by atoms with Gasteiger partial charge in [-0.05, 0) is 69.0 Å². The number of carbonyl (C=O) groups is 2. The molecule has 5 nitrogen and oxygen atoms in total. The number of amides is 1. The van der Waals surface area contributed by atoms with Gasteiger partial charge in [0.2, 0.25) is 5.91 Å². The summed E-state index contributed by atoms with van der Waals surface area (Å²) in [5.74, 6) is 0.115. The van der Waals surface area contributed by atoms with E-state index in [2.05, 4.69) is 11.4 Å². The summed E-state index contributed by atoms with van der Waals surface area (Å²) in [7, 11) is 0. The molecule has 1 aliphatic heterocycles. The molecule has 1 N–H and O–H groups in total. The molecule has 1 aromatic heterocycles. The number of rotatable bonds is 1. The molecule has 26 heavy (non-hydrogen) atoms. The molecule has 2 aromatic rings. The van der Waals surface area contributed by atoms with Crippen LogP contribution in [-0.4, -0.2) is 22.2 Å². The third-order valence-corrected chi connectivity index (χ3v) is 5.31. The molecule has 0 bridgehead atoms. The number of nitrogens with zero attached hydrogens (tertiary/aromatic N) is 1. The van der Waals surface area contributed by atoms with Crippen LogP contribution in [0, 0.1) is 0 Å². The van der Waals surface area contributed by atoms with Gasteiger partial charge in [0.25, 0.3) is 0 Å². The topological polar surface area (TPSA) is 60.3 Å². The summed E-state index contributed by atoms with van der Waals surface area (Å²) < 4.78 is 7.03. The average molecular weight is 352 g/mol. The van der Waals surface area contributed by atoms with Gasteiger partial charge in [0, 0.05) is 11.9 Å². The quantitative estimate of drug-likeness (QED) is 0.809. The molecular weight excluding hydrogens is 328 g/mol. The number of carbonyl (C=O) groups excluding carboxylic acids is 2. The summed E-state index contributed by atoms with van der Waals surface area (Å²) in [5, 5.41) is 3.03. The van der Waals surface area contributed by atoms with Gasteiger partial charge >= 0.3 is 6.09 Å². The van der Waals surface area contributed by atoms with E-state index < -0.39 is 17.1 Å². The first kappa shape index (κ1) is 16.9. The zero-order valence-corrected chi connectivity index (χ0v) is 15.5. The van der Waals surface area contributed by atoms with Gasteiger partial charge in [-0.25, -0.2) is 4.79 Å². The Kier molecular flexibility index (Phi) is 3.72. The molecule has 0 saturated heterocycles. The molecule has 1 aromatic carbocycles. The molecule has 5 heteroatoms. The Labute approximate surface area is 153 Å². The van der Waals surface area contributed by atoms with Crippen LogP contribution in [0.2, 0.25) is 0 Å². The summed E-state index contributed by atoms with van der Waals surface area (Å²) in [6, 6.07) is 9.69. The second-order valence-electron chi connectivity index (χ2n) is 8.25. The van der Waals surface area contributed by atoms with Crippen molar-refractivity contribution in [2.24, 2.45) is 0 Å². The SMILES string of the molecule is CC(C)(C)OC(=O)n1cccc1-c1ccc2c(c1)C1(CCCC1)C(=O)N2. The maximum absolute atomic E-state index is 12.6. The summed E-state index contributed by atoms with van der Waals surface area (Å²) in [5.41, 5.74) is 2.71. The molecular formula is C21H24N2O3. The van der Waals surface area contributed by atoms with E-state index in [4.69, 9.17) is 4.74 Å². The van der Waals surface area contributed by atoms with Gasteiger partial charge in [0.1, 0.15) is 5.60 Å². The van der Waals surface area contributed by atoms with Crippen molar-refractivity contribution in [3.05, 3.63) is 42.1 Å². The van der Waals surface area contributed by atoms with E-state index in [-0.39, 0.29) is 5.91 Å². The molecule has 136 valence electrons. The lowest BCUT2D eigenvalue weighted by Crippen LogP contribution is -2.31. The summed E-state index contributed by atoms with van der Waals surface area (Å²) >= 11 is 0. The average Bonchev–Trinajstić information content (AvgIpc) is 3.28. The van der Waals surface area contributed by atoms with E-state index in [1.54, 1.807) is 6.20 Å². The molecule has 1 amide bonds. The molecule has 1 saturated carbocycles. The normalized spacial score (nSPS) is 18.0. The standard InChI is InChI=1S/C21H24N2O3/c1-20(2,3)26-19(25)23-12-6-7-17(23)14-8-9-16-15(13-14)21(18(24)22-16)10-4-5-11-21/h6-9,12-13H,4-5,10-11H2,1-3H3,(H,22,24). The van der Waals surface area contributed by atoms with Crippen molar-refractivity contribution in [2.45, 2.75) is 57.5 Å². The van der Waals surface area contributed by atoms with Crippen molar-refractivity contribution in [2.75, 3.05) is 5.32 Å². The van der Waals surface area contributed by atoms with Crippen molar-refractivity contribution in [3.8, 4) is 11.3 Å². The van der Waals surface area contributed by atoms with Gasteiger partial charge in [-0.15, -0.1) is 0 Å². The van der Waals surface area contributed by atoms with Crippen LogP contribution < -0.4 is 5.32 Å². The number of hydrogen-bond donors (Lipinski definition) is 1. The summed E-state index contributed by atoms with van der Waals surface area (Å²) in [6.45, 7) is 5.56. The monoisotopic (exact) mass is 352 g/mol. The number of ether oxygens (including phenoxy) is 1. The second-order valence-corrected chi connectivity index (χ2v) is 8.25. The van der Waals surface area contributed by atoms with Crippen molar-refractivity contribution in [3.63, 3.8) is 0 Å². The van der Waals surface area contributed by atoms with Gasteiger partial charge < -0.3 is 10.1 Å². The molecule has 0 radical (unpaired) electrons. The maximum Gasteiger partial charge on any atom is 0.418 e. The fourth-order valence-electron chi connectivity index (χ4n) is 4.13. The number of anilines is 1. The smallest absolute Gasteiger partial charge is 0.418 e. The molecule has 2 heterocycles. The minimum Gasteiger partial charge on any atom is -0.443 e. The fraction of sp³-hybridized carbons (Fsp3) is 0.429. The van der Waals surface area contributed by atoms with E-state index in [0.29, 0.717) is 0 Å². The number of fused-ring (bicyclic) bond motifs is 2. The van der Waals surface area contributed by atoms with Crippen LogP contribution in [0.4, 0.5) is 10.5 Å². The van der Waals surface area contributed by atoms with Gasteiger partial charge in [-0.3, -0.25) is 9.36 Å². The van der Waals surface area contributed by atoms with Crippen LogP contribution in [0.15, 0.2) is 36.5 Å². The van der Waals surface area contributed by atoms with Crippen LogP contribution in [0.3, 0.4) is 0 Å². The van der Waals surface area contributed by atoms with Crippen LogP contribution in [0.25, 0.3) is 11.3 Å². The van der Waals surface area contributed by atoms with E-state index in [0.717, 1.165) is 48.2 Å². The summed E-state index contributed by atoms with van der Waals surface area (Å²) in [6.07, 6.45) is 5.25. The fourth-order valence-corrected chi connectivity index (χ4v) is 4.13. The molecule has 4 rings (SSSR count). The number of hydrogen-bond acceptors (Lipinski definition) is 3. The van der Waals surface area contributed by atoms with Crippen LogP contribution in [0.1, 0.15) is 52.0 Å². The maximum atomic E-state index is 12.6. The lowest BCUT2D eigenvalue weighted by Gasteiger charge is -2.22. The molecule has 1 fully saturated rings. The van der Waals surface area contributed by atoms with Crippen LogP contribution in [0.5, 0.6) is 0 Å². The van der Waals surface area contributed by atoms with Crippen LogP contribution in [-0.2, 0) is 14.9 Å². The van der Waals surface area contributed by atoms with Crippen molar-refractivity contribution >= 4 is 17.7 Å². The molecule has 0 unspecified atom stereocenters. The van der Waals surface area contributed by atoms with Crippen molar-refractivity contribution in [1.82, 2.24) is 4.57 Å². The van der Waals surface area contributed by atoms with Gasteiger partial charge in [-0.2, -0.15) is 0 Å². The minimum atomic E-state index is -0.555. The number of aromatic nitrogens is 1. The highest BCUT2D eigenvalue weighted by Crippen LogP contribution is 2.49. The Hall–Kier alpha value is -2.56. The predicted molar refractivity (Wildman–Crippen MR) is 100 cm³/mol. The van der Waals surface area contributed by atoms with Crippen LogP contribution >= 0.6 is 0 Å². The Bertz CT molecular complexity index is 883. The predicted octanol–water partition coefficient (Wildman–Crippen LogP) is 4.70. The number of benzene rings is 1. The molecule has 2 aliphatic rings. The van der Waals surface area contributed by atoms with Gasteiger partial charge in [0.05, 0.1) is 11.1 Å². The van der Waals surface area contributed by atoms with Gasteiger partial charge in [0.15, 0.2) is 0 Å². The Balaban J connectivity index is 1.74. The second kappa shape index (κ2) is 5.73. The Morgan fingerprint density at radius 1 is 1.19 bits per heavy atom. The van der Waals surface area contributed by atoms with Crippen molar-refractivity contribution in [1.29, 1.82) is 0 Å². The first-order valence-electron chi connectivity index (χ1n) is 9.17. The third-order valence-electron chi connectivity index (χ3n) is 5.31. The lowest BCUT2D eigenvalue weighted by atomic mass is 9.79. The highest BCUT2D eigenvalue weighted by molar-refractivity contribution is 6.07. The zero-order chi connectivity index (χ0) is 18.5. The Morgan fingerprint density at radius 3 is 2.62 bits per heavy atom. The van der Waals surface area contributed by atoms with E-state index in [9.17, 15) is 9.59 Å². The minimum absolute atomic E-state index is 0.115. The first-order valence-corrected chi connectivity index (χ1v) is 9.17. The molecule has 1 aliphatic carbocycles. The summed E-state index contributed by atoms with van der Waals surface area (Å²) in [4.78, 5) is 25.1. The van der Waals surface area contributed by atoms with Crippen molar-refractivity contribution < 1.29 is 14.3 Å². The first-order chi connectivity index (χ1) is 12.3. The van der Waals surface area contributed by atoms with E-state index in [1.165, 1.54) is 4.57 Å². The third kappa shape index (κ3) is 2.62. The largest absolute Gasteiger partial charge is 0.443 e. The highest BCUT2D eigenvalue weighted by Gasteiger charge is 2.48. The van der Waals surface area contributed by atoms with Gasteiger partial charge in [-0.1, -0.05) is 18.9 Å². The molecule has 1 spiro atoms.